The Hall–Kier alpha value is -0.940. The van der Waals surface area contributed by atoms with Crippen LogP contribution in [0.4, 0.5) is 18.9 Å². The Morgan fingerprint density at radius 2 is 1.86 bits per heavy atom. The Kier molecular flexibility index (Phi) is 3.23. The Labute approximate surface area is 83.3 Å². The molecule has 0 heterocycles. The summed E-state index contributed by atoms with van der Waals surface area (Å²) in [5.41, 5.74) is -1.71. The minimum atomic E-state index is -4.54. The molecule has 2 nitrogen and oxygen atoms in total. The number of aliphatic hydroxyl groups excluding tert-OH is 1. The highest BCUT2D eigenvalue weighted by Gasteiger charge is 2.28. The van der Waals surface area contributed by atoms with Crippen molar-refractivity contribution in [1.82, 2.24) is 0 Å². The lowest BCUT2D eigenvalue weighted by Gasteiger charge is -2.14. The summed E-state index contributed by atoms with van der Waals surface area (Å²) in [6, 6.07) is 5.40. The van der Waals surface area contributed by atoms with Crippen LogP contribution in [-0.2, 0) is 0 Å². The van der Waals surface area contributed by atoms with E-state index < -0.39 is 11.9 Å². The molecule has 0 aliphatic heterocycles. The van der Waals surface area contributed by atoms with E-state index in [0.717, 1.165) is 0 Å². The van der Waals surface area contributed by atoms with E-state index in [0.29, 0.717) is 0 Å². The minimum absolute atomic E-state index is 0.00788. The molecule has 0 saturated carbocycles. The number of aliphatic hydroxyl groups is 1. The van der Waals surface area contributed by atoms with Crippen LogP contribution in [0.15, 0.2) is 24.3 Å². The predicted octanol–water partition coefficient (Wildman–Crippen LogP) is 2.85. The molecule has 0 bridgehead atoms. The van der Waals surface area contributed by atoms with E-state index in [1.54, 1.807) is 0 Å². The highest BCUT2D eigenvalue weighted by molar-refractivity contribution is 6.20. The highest BCUT2D eigenvalue weighted by atomic mass is 35.5. The summed E-state index contributed by atoms with van der Waals surface area (Å²) >= 11 is 5.29. The van der Waals surface area contributed by atoms with Gasteiger partial charge in [-0.2, -0.15) is 13.2 Å². The molecule has 0 amide bonds. The Morgan fingerprint density at radius 1 is 1.29 bits per heavy atom. The van der Waals surface area contributed by atoms with Crippen LogP contribution in [0.3, 0.4) is 0 Å². The summed E-state index contributed by atoms with van der Waals surface area (Å²) in [5, 5.41) is 10.2. The number of alkyl halides is 4. The third-order valence-corrected chi connectivity index (χ3v) is 1.73. The van der Waals surface area contributed by atoms with Gasteiger partial charge in [0.1, 0.15) is 0 Å². The van der Waals surface area contributed by atoms with Gasteiger partial charge in [0.05, 0.1) is 0 Å². The summed E-state index contributed by atoms with van der Waals surface area (Å²) in [7, 11) is 0. The van der Waals surface area contributed by atoms with Crippen molar-refractivity contribution < 1.29 is 18.3 Å². The van der Waals surface area contributed by atoms with E-state index in [2.05, 4.69) is 0 Å². The van der Waals surface area contributed by atoms with Crippen molar-refractivity contribution in [3.05, 3.63) is 29.8 Å². The van der Waals surface area contributed by atoms with Gasteiger partial charge in [0.25, 0.3) is 0 Å². The van der Waals surface area contributed by atoms with Gasteiger partial charge in [-0.1, -0.05) is 29.8 Å². The standard InChI is InChI=1S/C8H7ClF3NO/c9-7(14)5-3-1-2-4-6(5)13-8(10,11)12/h1-4,7,13-14H. The smallest absolute Gasteiger partial charge is 0.373 e. The number of anilines is 1. The largest absolute Gasteiger partial charge is 0.482 e. The van der Waals surface area contributed by atoms with Gasteiger partial charge in [0.15, 0.2) is 5.56 Å². The SMILES string of the molecule is OC(Cl)c1ccccc1NC(F)(F)F. The first kappa shape index (κ1) is 11.1. The first-order chi connectivity index (χ1) is 6.40. The van der Waals surface area contributed by atoms with Gasteiger partial charge in [0.2, 0.25) is 0 Å². The fraction of sp³-hybridized carbons (Fsp3) is 0.250. The van der Waals surface area contributed by atoms with Crippen LogP contribution >= 0.6 is 11.6 Å². The quantitative estimate of drug-likeness (QED) is 0.599. The molecule has 1 rings (SSSR count). The van der Waals surface area contributed by atoms with Gasteiger partial charge in [-0.25, -0.2) is 0 Å². The number of para-hydroxylation sites is 1. The van der Waals surface area contributed by atoms with Crippen LogP contribution in [0, 0.1) is 0 Å². The first-order valence-corrected chi connectivity index (χ1v) is 4.10. The normalized spacial score (nSPS) is 13.8. The molecule has 6 heteroatoms. The Bertz CT molecular complexity index is 314. The van der Waals surface area contributed by atoms with Gasteiger partial charge in [-0.05, 0) is 6.07 Å². The van der Waals surface area contributed by atoms with Crippen molar-refractivity contribution in [2.45, 2.75) is 11.9 Å². The summed E-state index contributed by atoms with van der Waals surface area (Å²) in [4.78, 5) is 0. The molecule has 78 valence electrons. The van der Waals surface area contributed by atoms with Gasteiger partial charge < -0.3 is 5.11 Å². The molecule has 0 radical (unpaired) electrons. The van der Waals surface area contributed by atoms with Crippen LogP contribution < -0.4 is 5.32 Å². The Morgan fingerprint density at radius 3 is 2.36 bits per heavy atom. The monoisotopic (exact) mass is 225 g/mol. The van der Waals surface area contributed by atoms with Crippen molar-refractivity contribution >= 4 is 17.3 Å². The minimum Gasteiger partial charge on any atom is -0.373 e. The maximum atomic E-state index is 11.9. The molecule has 1 unspecified atom stereocenters. The second-order valence-corrected chi connectivity index (χ2v) is 2.96. The molecule has 14 heavy (non-hydrogen) atoms. The number of hydrogen-bond donors (Lipinski definition) is 2. The summed E-state index contributed by atoms with van der Waals surface area (Å²) < 4.78 is 35.8. The second kappa shape index (κ2) is 4.06. The van der Waals surface area contributed by atoms with E-state index in [9.17, 15) is 13.2 Å². The topological polar surface area (TPSA) is 32.3 Å². The van der Waals surface area contributed by atoms with Crippen molar-refractivity contribution in [1.29, 1.82) is 0 Å². The summed E-state index contributed by atoms with van der Waals surface area (Å²) in [6.07, 6.45) is -4.54. The number of rotatable bonds is 2. The Balaban J connectivity index is 2.96. The lowest BCUT2D eigenvalue weighted by molar-refractivity contribution is -0.1000. The van der Waals surface area contributed by atoms with E-state index in [1.807, 2.05) is 0 Å². The van der Waals surface area contributed by atoms with E-state index in [4.69, 9.17) is 16.7 Å². The maximum Gasteiger partial charge on any atom is 0.482 e. The third kappa shape index (κ3) is 3.08. The van der Waals surface area contributed by atoms with Gasteiger partial charge in [-0.3, -0.25) is 5.32 Å². The molecule has 1 atom stereocenters. The molecular weight excluding hydrogens is 219 g/mol. The van der Waals surface area contributed by atoms with Crippen LogP contribution in [0.5, 0.6) is 0 Å². The molecule has 0 aliphatic carbocycles. The lowest BCUT2D eigenvalue weighted by atomic mass is 10.2. The molecule has 0 fully saturated rings. The highest BCUT2D eigenvalue weighted by Crippen LogP contribution is 2.28. The van der Waals surface area contributed by atoms with Crippen molar-refractivity contribution in [2.75, 3.05) is 5.32 Å². The molecular formula is C8H7ClF3NO. The maximum absolute atomic E-state index is 11.9. The van der Waals surface area contributed by atoms with Gasteiger partial charge in [-0.15, -0.1) is 0 Å². The average Bonchev–Trinajstić information content (AvgIpc) is 2.01. The fourth-order valence-corrected chi connectivity index (χ4v) is 1.16. The van der Waals surface area contributed by atoms with E-state index in [-0.39, 0.29) is 11.3 Å². The van der Waals surface area contributed by atoms with Crippen molar-refractivity contribution in [3.63, 3.8) is 0 Å². The zero-order valence-corrected chi connectivity index (χ0v) is 7.60. The fourth-order valence-electron chi connectivity index (χ4n) is 0.971. The third-order valence-electron chi connectivity index (χ3n) is 1.49. The van der Waals surface area contributed by atoms with Gasteiger partial charge >= 0.3 is 6.30 Å². The average molecular weight is 226 g/mol. The zero-order valence-electron chi connectivity index (χ0n) is 6.85. The van der Waals surface area contributed by atoms with Crippen LogP contribution in [-0.4, -0.2) is 11.4 Å². The molecule has 1 aromatic rings. The van der Waals surface area contributed by atoms with Crippen molar-refractivity contribution in [2.24, 2.45) is 0 Å². The molecule has 0 aromatic heterocycles. The molecule has 2 N–H and O–H groups in total. The molecule has 0 aliphatic rings. The number of nitrogens with one attached hydrogen (secondary N) is 1. The van der Waals surface area contributed by atoms with Crippen molar-refractivity contribution in [3.8, 4) is 0 Å². The lowest BCUT2D eigenvalue weighted by Crippen LogP contribution is -2.21. The van der Waals surface area contributed by atoms with E-state index >= 15 is 0 Å². The zero-order chi connectivity index (χ0) is 10.8. The van der Waals surface area contributed by atoms with Crippen LogP contribution in [0.25, 0.3) is 0 Å². The number of halogens is 4. The van der Waals surface area contributed by atoms with Crippen LogP contribution in [0.1, 0.15) is 11.1 Å². The number of benzene rings is 1. The second-order valence-electron chi connectivity index (χ2n) is 2.55. The first-order valence-electron chi connectivity index (χ1n) is 3.66. The number of hydrogen-bond acceptors (Lipinski definition) is 2. The predicted molar refractivity (Wildman–Crippen MR) is 46.9 cm³/mol. The molecule has 0 spiro atoms. The molecule has 0 saturated heterocycles. The summed E-state index contributed by atoms with van der Waals surface area (Å²) in [5.74, 6) is 0. The van der Waals surface area contributed by atoms with Gasteiger partial charge in [0, 0.05) is 11.3 Å². The summed E-state index contributed by atoms with van der Waals surface area (Å²) in [6.45, 7) is 0. The molecule has 1 aromatic carbocycles. The van der Waals surface area contributed by atoms with Crippen LogP contribution in [0.2, 0.25) is 0 Å². The van der Waals surface area contributed by atoms with E-state index in [1.165, 1.54) is 29.6 Å².